The maximum absolute atomic E-state index is 11.0. The van der Waals surface area contributed by atoms with Gasteiger partial charge in [-0.25, -0.2) is 0 Å². The van der Waals surface area contributed by atoms with Gasteiger partial charge in [-0.1, -0.05) is 80.5 Å². The van der Waals surface area contributed by atoms with E-state index < -0.39 is 0 Å². The van der Waals surface area contributed by atoms with Crippen molar-refractivity contribution in [3.05, 3.63) is 114 Å². The number of phenolic OH excluding ortho intramolecular Hbond substituents is 3. The summed E-state index contributed by atoms with van der Waals surface area (Å²) in [5.74, 6) is 1.12. The molecule has 0 aromatic heterocycles. The second kappa shape index (κ2) is 14.2. The molecule has 0 amide bonds. The van der Waals surface area contributed by atoms with E-state index in [1.807, 2.05) is 0 Å². The normalized spacial score (nSPS) is 12.6. The Balaban J connectivity index is 1.97. The number of hydrogen-bond acceptors (Lipinski definition) is 3. The molecule has 0 heterocycles. The summed E-state index contributed by atoms with van der Waals surface area (Å²) in [4.78, 5) is 0. The first kappa shape index (κ1) is 39.3. The lowest BCUT2D eigenvalue weighted by Gasteiger charge is -2.26. The molecule has 4 aromatic carbocycles. The summed E-state index contributed by atoms with van der Waals surface area (Å²) in [5, 5.41) is 33.0. The first-order chi connectivity index (χ1) is 21.9. The van der Waals surface area contributed by atoms with Gasteiger partial charge >= 0.3 is 0 Å². The van der Waals surface area contributed by atoms with Crippen molar-refractivity contribution in [2.24, 2.45) is 0 Å². The molecule has 0 aliphatic heterocycles. The van der Waals surface area contributed by atoms with Gasteiger partial charge in [0.05, 0.1) is 10.7 Å². The number of hydrogen-bond donors (Lipinski definition) is 3. The molecule has 3 N–H and O–H groups in total. The molecule has 0 spiro atoms. The largest absolute Gasteiger partial charge is 0.507 e. The SMILES string of the molecule is Cc1c(Cc2cc(I)c(O)c(C(C)(C)C)c2)c(C)c(Cc2cc(I)c(O)c(C(C)(C)C)c2)c(C)c1Cc1cc(I)c(O)c(C(C)(C)C)c1. The van der Waals surface area contributed by atoms with Crippen LogP contribution < -0.4 is 0 Å². The minimum absolute atomic E-state index is 0.185. The van der Waals surface area contributed by atoms with E-state index in [1.165, 1.54) is 50.1 Å². The number of rotatable bonds is 6. The number of benzene rings is 4. The zero-order chi connectivity index (χ0) is 36.3. The van der Waals surface area contributed by atoms with Crippen molar-refractivity contribution in [2.45, 2.75) is 119 Å². The monoisotopic (exact) mass is 984 g/mol. The van der Waals surface area contributed by atoms with Crippen LogP contribution in [0.1, 0.15) is 129 Å². The standard InChI is InChI=1S/C42H51I3O3/c1-22-28(13-25-16-31(40(4,5)6)37(46)34(43)19-25)23(2)30(15-27-18-33(42(10,11)12)39(48)36(45)21-27)24(3)29(22)14-26-17-32(41(7,8)9)38(47)35(44)20-26/h16-21,46-48H,13-15H2,1-12H3. The Hall–Kier alpha value is -1.53. The molecule has 0 aliphatic rings. The van der Waals surface area contributed by atoms with Crippen molar-refractivity contribution < 1.29 is 15.3 Å². The topological polar surface area (TPSA) is 60.7 Å². The van der Waals surface area contributed by atoms with Crippen molar-refractivity contribution >= 4 is 67.8 Å². The Morgan fingerprint density at radius 2 is 0.625 bits per heavy atom. The van der Waals surface area contributed by atoms with Crippen LogP contribution in [0, 0.1) is 31.5 Å². The zero-order valence-electron chi connectivity index (χ0n) is 30.6. The lowest BCUT2D eigenvalue weighted by molar-refractivity contribution is 0.442. The summed E-state index contributed by atoms with van der Waals surface area (Å²) in [6, 6.07) is 12.9. The third-order valence-corrected chi connectivity index (χ3v) is 12.1. The summed E-state index contributed by atoms with van der Waals surface area (Å²) in [7, 11) is 0. The highest BCUT2D eigenvalue weighted by atomic mass is 127. The molecule has 48 heavy (non-hydrogen) atoms. The van der Waals surface area contributed by atoms with Gasteiger partial charge in [0, 0.05) is 16.7 Å². The molecule has 0 saturated carbocycles. The summed E-state index contributed by atoms with van der Waals surface area (Å²) in [6.45, 7) is 26.1. The Bertz CT molecular complexity index is 1640. The van der Waals surface area contributed by atoms with E-state index >= 15 is 0 Å². The summed E-state index contributed by atoms with van der Waals surface area (Å²) in [6.07, 6.45) is 2.29. The molecule has 0 fully saturated rings. The van der Waals surface area contributed by atoms with E-state index in [2.05, 4.69) is 187 Å². The predicted molar refractivity (Wildman–Crippen MR) is 228 cm³/mol. The molecule has 4 rings (SSSR count). The van der Waals surface area contributed by atoms with Gasteiger partial charge in [0.15, 0.2) is 0 Å². The van der Waals surface area contributed by atoms with E-state index in [1.54, 1.807) is 0 Å². The van der Waals surface area contributed by atoms with Gasteiger partial charge in [0.1, 0.15) is 17.2 Å². The fraction of sp³-hybridized carbons (Fsp3) is 0.429. The van der Waals surface area contributed by atoms with Crippen molar-refractivity contribution in [3.8, 4) is 17.2 Å². The molecular weight excluding hydrogens is 933 g/mol. The molecule has 0 aliphatic carbocycles. The molecule has 258 valence electrons. The van der Waals surface area contributed by atoms with Crippen LogP contribution in [0.15, 0.2) is 36.4 Å². The fourth-order valence-electron chi connectivity index (χ4n) is 6.78. The lowest BCUT2D eigenvalue weighted by atomic mass is 9.79. The van der Waals surface area contributed by atoms with Gasteiger partial charge in [0.25, 0.3) is 0 Å². The zero-order valence-corrected chi connectivity index (χ0v) is 37.0. The van der Waals surface area contributed by atoms with Gasteiger partial charge in [-0.2, -0.15) is 0 Å². The molecular formula is C42H51I3O3. The Morgan fingerprint density at radius 1 is 0.417 bits per heavy atom. The van der Waals surface area contributed by atoms with E-state index in [-0.39, 0.29) is 16.2 Å². The Morgan fingerprint density at radius 3 is 0.812 bits per heavy atom. The number of aromatic hydroxyl groups is 3. The quantitative estimate of drug-likeness (QED) is 0.169. The highest BCUT2D eigenvalue weighted by Crippen LogP contribution is 2.41. The molecule has 4 aromatic rings. The highest BCUT2D eigenvalue weighted by Gasteiger charge is 2.26. The van der Waals surface area contributed by atoms with Crippen LogP contribution in [0.25, 0.3) is 0 Å². The van der Waals surface area contributed by atoms with Gasteiger partial charge in [-0.05, 0) is 192 Å². The van der Waals surface area contributed by atoms with Crippen LogP contribution in [0.4, 0.5) is 0 Å². The van der Waals surface area contributed by atoms with Crippen LogP contribution in [0.3, 0.4) is 0 Å². The third-order valence-electron chi connectivity index (χ3n) is 9.65. The third kappa shape index (κ3) is 8.32. The smallest absolute Gasteiger partial charge is 0.132 e. The second-order valence-corrected chi connectivity index (χ2v) is 20.0. The summed E-state index contributed by atoms with van der Waals surface area (Å²) in [5.41, 5.74) is 13.8. The lowest BCUT2D eigenvalue weighted by Crippen LogP contribution is -2.15. The molecule has 6 heteroatoms. The average molecular weight is 985 g/mol. The Labute approximate surface area is 329 Å². The van der Waals surface area contributed by atoms with Gasteiger partial charge in [-0.15, -0.1) is 0 Å². The van der Waals surface area contributed by atoms with Crippen LogP contribution >= 0.6 is 67.8 Å². The van der Waals surface area contributed by atoms with Crippen LogP contribution in [0.2, 0.25) is 0 Å². The first-order valence-electron chi connectivity index (χ1n) is 16.6. The number of halogens is 3. The summed E-state index contributed by atoms with van der Waals surface area (Å²) >= 11 is 6.79. The van der Waals surface area contributed by atoms with Crippen LogP contribution in [-0.4, -0.2) is 15.3 Å². The van der Waals surface area contributed by atoms with Gasteiger partial charge in [0.2, 0.25) is 0 Å². The molecule has 0 unspecified atom stereocenters. The average Bonchev–Trinajstić information content (AvgIpc) is 2.94. The fourth-order valence-corrected chi connectivity index (χ4v) is 8.86. The minimum Gasteiger partial charge on any atom is -0.507 e. The Kier molecular flexibility index (Phi) is 11.6. The highest BCUT2D eigenvalue weighted by molar-refractivity contribution is 14.1. The van der Waals surface area contributed by atoms with E-state index in [9.17, 15) is 15.3 Å². The predicted octanol–water partition coefficient (Wildman–Crippen LogP) is 12.2. The van der Waals surface area contributed by atoms with E-state index in [4.69, 9.17) is 0 Å². The minimum atomic E-state index is -0.185. The van der Waals surface area contributed by atoms with Gasteiger partial charge < -0.3 is 15.3 Å². The van der Waals surface area contributed by atoms with Crippen molar-refractivity contribution in [1.82, 2.24) is 0 Å². The van der Waals surface area contributed by atoms with E-state index in [0.29, 0.717) is 17.2 Å². The maximum atomic E-state index is 11.0. The molecule has 0 atom stereocenters. The molecule has 0 bridgehead atoms. The second-order valence-electron chi connectivity index (χ2n) is 16.5. The first-order valence-corrected chi connectivity index (χ1v) is 19.8. The van der Waals surface area contributed by atoms with Crippen molar-refractivity contribution in [3.63, 3.8) is 0 Å². The number of phenols is 3. The van der Waals surface area contributed by atoms with Gasteiger partial charge in [-0.3, -0.25) is 0 Å². The molecule has 0 saturated heterocycles. The van der Waals surface area contributed by atoms with Crippen molar-refractivity contribution in [2.75, 3.05) is 0 Å². The summed E-state index contributed by atoms with van der Waals surface area (Å²) < 4.78 is 2.62. The van der Waals surface area contributed by atoms with E-state index in [0.717, 1.165) is 46.7 Å². The maximum Gasteiger partial charge on any atom is 0.132 e. The van der Waals surface area contributed by atoms with Crippen LogP contribution in [-0.2, 0) is 35.5 Å². The van der Waals surface area contributed by atoms with Crippen molar-refractivity contribution in [1.29, 1.82) is 0 Å². The van der Waals surface area contributed by atoms with Crippen LogP contribution in [0.5, 0.6) is 17.2 Å². The molecule has 0 radical (unpaired) electrons. The molecule has 3 nitrogen and oxygen atoms in total.